The van der Waals surface area contributed by atoms with Gasteiger partial charge in [-0.1, -0.05) is 19.1 Å². The zero-order valence-electron chi connectivity index (χ0n) is 11.0. The van der Waals surface area contributed by atoms with Crippen molar-refractivity contribution in [1.29, 1.82) is 0 Å². The molecule has 0 spiro atoms. The van der Waals surface area contributed by atoms with Gasteiger partial charge in [-0.25, -0.2) is 13.1 Å². The first-order chi connectivity index (χ1) is 8.47. The van der Waals surface area contributed by atoms with Gasteiger partial charge in [0.25, 0.3) is 0 Å². The minimum Gasteiger partial charge on any atom is -0.208 e. The van der Waals surface area contributed by atoms with Crippen molar-refractivity contribution < 1.29 is 8.42 Å². The summed E-state index contributed by atoms with van der Waals surface area (Å²) in [6, 6.07) is 7.16. The van der Waals surface area contributed by atoms with Crippen molar-refractivity contribution in [1.82, 2.24) is 4.72 Å². The summed E-state index contributed by atoms with van der Waals surface area (Å²) in [6.07, 6.45) is 4.13. The first kappa shape index (κ1) is 13.6. The van der Waals surface area contributed by atoms with Crippen molar-refractivity contribution in [3.05, 3.63) is 29.8 Å². The monoisotopic (exact) mass is 267 g/mol. The van der Waals surface area contributed by atoms with Crippen molar-refractivity contribution in [2.45, 2.75) is 50.5 Å². The predicted molar refractivity (Wildman–Crippen MR) is 72.9 cm³/mol. The van der Waals surface area contributed by atoms with Crippen LogP contribution in [-0.4, -0.2) is 14.5 Å². The second-order valence-electron chi connectivity index (χ2n) is 5.39. The van der Waals surface area contributed by atoms with E-state index in [-0.39, 0.29) is 6.04 Å². The molecule has 1 N–H and O–H groups in total. The summed E-state index contributed by atoms with van der Waals surface area (Å²) in [5.74, 6) is 0.727. The number of hydrogen-bond acceptors (Lipinski definition) is 2. The molecule has 0 aromatic heterocycles. The maximum atomic E-state index is 12.2. The molecule has 0 heterocycles. The van der Waals surface area contributed by atoms with Crippen LogP contribution in [0.1, 0.15) is 38.2 Å². The summed E-state index contributed by atoms with van der Waals surface area (Å²) in [5, 5.41) is 0. The highest BCUT2D eigenvalue weighted by atomic mass is 32.2. The molecule has 4 heteroatoms. The SMILES string of the molecule is Cc1cccc(S(=O)(=O)NC2CCC(C)CC2)c1. The number of benzene rings is 1. The lowest BCUT2D eigenvalue weighted by atomic mass is 9.88. The molecular weight excluding hydrogens is 246 g/mol. The number of sulfonamides is 1. The van der Waals surface area contributed by atoms with E-state index in [4.69, 9.17) is 0 Å². The minimum atomic E-state index is -3.35. The molecule has 0 atom stereocenters. The topological polar surface area (TPSA) is 46.2 Å². The summed E-state index contributed by atoms with van der Waals surface area (Å²) < 4.78 is 27.3. The Bertz CT molecular complexity index is 502. The van der Waals surface area contributed by atoms with Crippen LogP contribution in [0, 0.1) is 12.8 Å². The second kappa shape index (κ2) is 5.41. The van der Waals surface area contributed by atoms with Crippen LogP contribution in [0.5, 0.6) is 0 Å². The van der Waals surface area contributed by atoms with Crippen molar-refractivity contribution in [2.24, 2.45) is 5.92 Å². The fourth-order valence-corrected chi connectivity index (χ4v) is 3.86. The molecule has 1 aliphatic carbocycles. The summed E-state index contributed by atoms with van der Waals surface area (Å²) >= 11 is 0. The maximum absolute atomic E-state index is 12.2. The summed E-state index contributed by atoms with van der Waals surface area (Å²) in [4.78, 5) is 0.376. The molecule has 18 heavy (non-hydrogen) atoms. The van der Waals surface area contributed by atoms with Crippen molar-refractivity contribution in [3.8, 4) is 0 Å². The van der Waals surface area contributed by atoms with E-state index in [0.29, 0.717) is 4.90 Å². The van der Waals surface area contributed by atoms with Gasteiger partial charge in [-0.2, -0.15) is 0 Å². The highest BCUT2D eigenvalue weighted by Crippen LogP contribution is 2.24. The van der Waals surface area contributed by atoms with E-state index in [9.17, 15) is 8.42 Å². The molecule has 0 bridgehead atoms. The average molecular weight is 267 g/mol. The second-order valence-corrected chi connectivity index (χ2v) is 7.11. The lowest BCUT2D eigenvalue weighted by Gasteiger charge is -2.26. The normalized spacial score (nSPS) is 25.0. The number of rotatable bonds is 3. The molecule has 1 aromatic rings. The molecule has 1 aromatic carbocycles. The number of nitrogens with one attached hydrogen (secondary N) is 1. The average Bonchev–Trinajstić information content (AvgIpc) is 2.32. The van der Waals surface area contributed by atoms with Crippen LogP contribution in [-0.2, 0) is 10.0 Å². The van der Waals surface area contributed by atoms with Crippen LogP contribution in [0.4, 0.5) is 0 Å². The molecule has 3 nitrogen and oxygen atoms in total. The van der Waals surface area contributed by atoms with Gasteiger partial charge in [0, 0.05) is 6.04 Å². The molecular formula is C14H21NO2S. The molecule has 100 valence electrons. The van der Waals surface area contributed by atoms with E-state index in [1.165, 1.54) is 0 Å². The zero-order chi connectivity index (χ0) is 13.2. The Morgan fingerprint density at radius 2 is 1.83 bits per heavy atom. The third-order valence-corrected chi connectivity index (χ3v) is 5.16. The Labute approximate surface area is 110 Å². The van der Waals surface area contributed by atoms with Crippen molar-refractivity contribution >= 4 is 10.0 Å². The van der Waals surface area contributed by atoms with E-state index in [1.807, 2.05) is 13.0 Å². The third-order valence-electron chi connectivity index (χ3n) is 3.64. The fourth-order valence-electron chi connectivity index (χ4n) is 2.45. The molecule has 0 saturated heterocycles. The standard InChI is InChI=1S/C14H21NO2S/c1-11-6-8-13(9-7-11)15-18(16,17)14-5-3-4-12(2)10-14/h3-5,10-11,13,15H,6-9H2,1-2H3. The number of aryl methyl sites for hydroxylation is 1. The fraction of sp³-hybridized carbons (Fsp3) is 0.571. The molecule has 0 unspecified atom stereocenters. The van der Waals surface area contributed by atoms with Crippen molar-refractivity contribution in [3.63, 3.8) is 0 Å². The van der Waals surface area contributed by atoms with Crippen molar-refractivity contribution in [2.75, 3.05) is 0 Å². The highest BCUT2D eigenvalue weighted by Gasteiger charge is 2.23. The Hall–Kier alpha value is -0.870. The molecule has 1 fully saturated rings. The van der Waals surface area contributed by atoms with Crippen LogP contribution in [0.15, 0.2) is 29.2 Å². The lowest BCUT2D eigenvalue weighted by molar-refractivity contribution is 0.332. The van der Waals surface area contributed by atoms with E-state index in [0.717, 1.165) is 37.2 Å². The Morgan fingerprint density at radius 3 is 2.44 bits per heavy atom. The lowest BCUT2D eigenvalue weighted by Crippen LogP contribution is -2.37. The van der Waals surface area contributed by atoms with Gasteiger partial charge >= 0.3 is 0 Å². The van der Waals surface area contributed by atoms with Gasteiger partial charge in [0.15, 0.2) is 0 Å². The van der Waals surface area contributed by atoms with Crippen LogP contribution >= 0.6 is 0 Å². The first-order valence-electron chi connectivity index (χ1n) is 6.56. The Kier molecular flexibility index (Phi) is 4.07. The smallest absolute Gasteiger partial charge is 0.208 e. The largest absolute Gasteiger partial charge is 0.240 e. The predicted octanol–water partition coefficient (Wildman–Crippen LogP) is 2.85. The van der Waals surface area contributed by atoms with Gasteiger partial charge in [-0.05, 0) is 56.2 Å². The quantitative estimate of drug-likeness (QED) is 0.915. The minimum absolute atomic E-state index is 0.103. The van der Waals surface area contributed by atoms with E-state index in [2.05, 4.69) is 11.6 Å². The van der Waals surface area contributed by atoms with E-state index in [1.54, 1.807) is 18.2 Å². The highest BCUT2D eigenvalue weighted by molar-refractivity contribution is 7.89. The van der Waals surface area contributed by atoms with Gasteiger partial charge in [-0.3, -0.25) is 0 Å². The van der Waals surface area contributed by atoms with Crippen LogP contribution in [0.3, 0.4) is 0 Å². The van der Waals surface area contributed by atoms with Gasteiger partial charge < -0.3 is 0 Å². The van der Waals surface area contributed by atoms with Gasteiger partial charge in [0.05, 0.1) is 4.90 Å². The van der Waals surface area contributed by atoms with E-state index < -0.39 is 10.0 Å². The van der Waals surface area contributed by atoms with Crippen LogP contribution in [0.2, 0.25) is 0 Å². The summed E-state index contributed by atoms with van der Waals surface area (Å²) in [6.45, 7) is 4.13. The van der Waals surface area contributed by atoms with Gasteiger partial charge in [0.2, 0.25) is 10.0 Å². The Balaban J connectivity index is 2.08. The summed E-state index contributed by atoms with van der Waals surface area (Å²) in [7, 11) is -3.35. The van der Waals surface area contributed by atoms with Crippen LogP contribution in [0.25, 0.3) is 0 Å². The third kappa shape index (κ3) is 3.33. The summed E-state index contributed by atoms with van der Waals surface area (Å²) in [5.41, 5.74) is 0.968. The number of hydrogen-bond donors (Lipinski definition) is 1. The molecule has 0 radical (unpaired) electrons. The molecule has 0 aliphatic heterocycles. The molecule has 2 rings (SSSR count). The Morgan fingerprint density at radius 1 is 1.17 bits per heavy atom. The maximum Gasteiger partial charge on any atom is 0.240 e. The molecule has 0 amide bonds. The molecule has 1 saturated carbocycles. The van der Waals surface area contributed by atoms with E-state index >= 15 is 0 Å². The van der Waals surface area contributed by atoms with Gasteiger partial charge in [-0.15, -0.1) is 0 Å². The zero-order valence-corrected chi connectivity index (χ0v) is 11.8. The van der Waals surface area contributed by atoms with Crippen LogP contribution < -0.4 is 4.72 Å². The van der Waals surface area contributed by atoms with Gasteiger partial charge in [0.1, 0.15) is 0 Å². The molecule has 1 aliphatic rings. The first-order valence-corrected chi connectivity index (χ1v) is 8.05.